The molecule has 0 aliphatic carbocycles. The lowest BCUT2D eigenvalue weighted by Gasteiger charge is -1.59. The van der Waals surface area contributed by atoms with Crippen LogP contribution in [0, 0.1) is 11.3 Å². The zero-order chi connectivity index (χ0) is 6.99. The van der Waals surface area contributed by atoms with E-state index < -0.39 is 5.97 Å². The summed E-state index contributed by atoms with van der Waals surface area (Å²) in [4.78, 5) is 9.00. The van der Waals surface area contributed by atoms with Gasteiger partial charge in [-0.3, -0.25) is 4.79 Å². The lowest BCUT2D eigenvalue weighted by atomic mass is 10.8. The fraction of sp³-hybridized carbons (Fsp3) is 0.200. The van der Waals surface area contributed by atoms with Gasteiger partial charge < -0.3 is 5.11 Å². The Morgan fingerprint density at radius 1 is 2.00 bits per heavy atom. The zero-order valence-electron chi connectivity index (χ0n) is 4.59. The normalized spacial score (nSPS) is 5.00. The molecule has 0 amide bonds. The largest absolute Gasteiger partial charge is 0.481 e. The molecule has 0 atom stereocenters. The van der Waals surface area contributed by atoms with E-state index in [4.69, 9.17) is 15.2 Å². The number of allylic oxidation sites excluding steroid dienone is 1. The Labute approximate surface area is 47.9 Å². The van der Waals surface area contributed by atoms with Crippen molar-refractivity contribution >= 4 is 5.97 Å². The molecule has 0 fully saturated rings. The van der Waals surface area contributed by atoms with Crippen LogP contribution in [0.3, 0.4) is 0 Å². The number of aliphatic carboxylic acids is 1. The van der Waals surface area contributed by atoms with E-state index in [1.54, 1.807) is 6.07 Å². The Morgan fingerprint density at radius 2 is 2.12 bits per heavy atom. The third kappa shape index (κ3) is 715. The molecule has 0 bridgehead atoms. The molecule has 0 radical (unpaired) electrons. The molecule has 0 aliphatic heterocycles. The van der Waals surface area contributed by atoms with Crippen LogP contribution in [0.15, 0.2) is 12.7 Å². The van der Waals surface area contributed by atoms with Gasteiger partial charge in [0.05, 0.1) is 6.07 Å². The number of carboxylic acids is 1. The molecule has 0 aromatic rings. The summed E-state index contributed by atoms with van der Waals surface area (Å²) in [5.74, 6) is -0.833. The van der Waals surface area contributed by atoms with Gasteiger partial charge in [0.2, 0.25) is 0 Å². The van der Waals surface area contributed by atoms with E-state index in [1.807, 2.05) is 0 Å². The van der Waals surface area contributed by atoms with Crippen molar-refractivity contribution < 1.29 is 9.90 Å². The molecule has 0 heterocycles. The van der Waals surface area contributed by atoms with Gasteiger partial charge in [0.1, 0.15) is 0 Å². The molecule has 0 aromatic heterocycles. The average Bonchev–Trinajstić information content (AvgIpc) is 1.65. The standard InChI is InChI=1S/C3H3N.C2H4O2/c1-2-3-4;1-2(3)4/h2H,1H2;1H3,(H,3,4). The van der Waals surface area contributed by atoms with E-state index in [-0.39, 0.29) is 0 Å². The summed E-state index contributed by atoms with van der Waals surface area (Å²) in [7, 11) is 0. The van der Waals surface area contributed by atoms with Crippen LogP contribution in [-0.4, -0.2) is 11.1 Å². The number of nitriles is 1. The second-order valence-electron chi connectivity index (χ2n) is 0.852. The van der Waals surface area contributed by atoms with Crippen molar-refractivity contribution in [3.8, 4) is 6.07 Å². The summed E-state index contributed by atoms with van der Waals surface area (Å²) >= 11 is 0. The van der Waals surface area contributed by atoms with E-state index in [9.17, 15) is 0 Å². The monoisotopic (exact) mass is 113 g/mol. The molecule has 3 nitrogen and oxygen atoms in total. The van der Waals surface area contributed by atoms with Gasteiger partial charge in [0.25, 0.3) is 5.97 Å². The molecule has 3 heteroatoms. The van der Waals surface area contributed by atoms with E-state index in [0.717, 1.165) is 6.92 Å². The van der Waals surface area contributed by atoms with Crippen LogP contribution < -0.4 is 0 Å². The van der Waals surface area contributed by atoms with Crippen LogP contribution in [0.2, 0.25) is 0 Å². The van der Waals surface area contributed by atoms with Crippen molar-refractivity contribution in [2.24, 2.45) is 0 Å². The Morgan fingerprint density at radius 3 is 2.12 bits per heavy atom. The highest BCUT2D eigenvalue weighted by Crippen LogP contribution is 1.42. The molecule has 44 valence electrons. The fourth-order valence-electron chi connectivity index (χ4n) is 0. The first-order valence-electron chi connectivity index (χ1n) is 1.85. The van der Waals surface area contributed by atoms with Crippen LogP contribution in [0.1, 0.15) is 6.92 Å². The zero-order valence-corrected chi connectivity index (χ0v) is 4.59. The lowest BCUT2D eigenvalue weighted by Crippen LogP contribution is -1.78. The number of hydrogen-bond acceptors (Lipinski definition) is 2. The van der Waals surface area contributed by atoms with E-state index >= 15 is 0 Å². The lowest BCUT2D eigenvalue weighted by molar-refractivity contribution is -0.134. The van der Waals surface area contributed by atoms with Gasteiger partial charge in [0.15, 0.2) is 0 Å². The summed E-state index contributed by atoms with van der Waals surface area (Å²) in [5, 5.41) is 14.9. The highest BCUT2D eigenvalue weighted by molar-refractivity contribution is 5.62. The molecule has 1 N–H and O–H groups in total. The third-order valence-electron chi connectivity index (χ3n) is 0.0913. The third-order valence-corrected chi connectivity index (χ3v) is 0.0913. The highest BCUT2D eigenvalue weighted by Gasteiger charge is 1.65. The summed E-state index contributed by atoms with van der Waals surface area (Å²) in [5.41, 5.74) is 0. The first kappa shape index (κ1) is 9.85. The molecule has 0 rings (SSSR count). The minimum atomic E-state index is -0.833. The van der Waals surface area contributed by atoms with Gasteiger partial charge in [-0.05, 0) is 0 Å². The predicted octanol–water partition coefficient (Wildman–Crippen LogP) is 0.787. The molecule has 0 saturated carbocycles. The highest BCUT2D eigenvalue weighted by atomic mass is 16.4. The van der Waals surface area contributed by atoms with Crippen LogP contribution in [0.4, 0.5) is 0 Å². The number of hydrogen-bond donors (Lipinski definition) is 1. The summed E-state index contributed by atoms with van der Waals surface area (Å²) < 4.78 is 0. The van der Waals surface area contributed by atoms with Crippen LogP contribution in [-0.2, 0) is 4.79 Å². The van der Waals surface area contributed by atoms with Gasteiger partial charge in [-0.1, -0.05) is 6.58 Å². The SMILES string of the molecule is C=CC#N.CC(=O)O. The van der Waals surface area contributed by atoms with E-state index in [0.29, 0.717) is 0 Å². The van der Waals surface area contributed by atoms with Gasteiger partial charge >= 0.3 is 0 Å². The minimum Gasteiger partial charge on any atom is -0.481 e. The van der Waals surface area contributed by atoms with Crippen molar-refractivity contribution in [1.29, 1.82) is 5.26 Å². The minimum absolute atomic E-state index is 0.833. The Hall–Kier alpha value is -1.30. The van der Waals surface area contributed by atoms with Crippen molar-refractivity contribution in [3.63, 3.8) is 0 Å². The molecule has 8 heavy (non-hydrogen) atoms. The topological polar surface area (TPSA) is 61.1 Å². The van der Waals surface area contributed by atoms with Crippen molar-refractivity contribution in [3.05, 3.63) is 12.7 Å². The number of carboxylic acid groups (broad SMARTS) is 1. The quantitative estimate of drug-likeness (QED) is 0.472. The van der Waals surface area contributed by atoms with Gasteiger partial charge in [0, 0.05) is 13.0 Å². The van der Waals surface area contributed by atoms with Gasteiger partial charge in [-0.2, -0.15) is 5.26 Å². The van der Waals surface area contributed by atoms with Crippen LogP contribution >= 0.6 is 0 Å². The average molecular weight is 113 g/mol. The summed E-state index contributed by atoms with van der Waals surface area (Å²) in [6.45, 7) is 4.20. The second-order valence-corrected chi connectivity index (χ2v) is 0.852. The number of carbonyl (C=O) groups is 1. The van der Waals surface area contributed by atoms with Crippen LogP contribution in [0.5, 0.6) is 0 Å². The number of nitrogens with zero attached hydrogens (tertiary/aromatic N) is 1. The molecule has 0 aliphatic rings. The smallest absolute Gasteiger partial charge is 0.300 e. The molecule has 0 unspecified atom stereocenters. The first-order valence-corrected chi connectivity index (χ1v) is 1.85. The Kier molecular flexibility index (Phi) is 11.3. The van der Waals surface area contributed by atoms with E-state index in [1.165, 1.54) is 6.08 Å². The predicted molar refractivity (Wildman–Crippen MR) is 29.1 cm³/mol. The Bertz CT molecular complexity index is 108. The molecular formula is C5H7NO2. The van der Waals surface area contributed by atoms with Crippen molar-refractivity contribution in [2.45, 2.75) is 6.92 Å². The van der Waals surface area contributed by atoms with Crippen molar-refractivity contribution in [1.82, 2.24) is 0 Å². The maximum absolute atomic E-state index is 9.00. The van der Waals surface area contributed by atoms with E-state index in [2.05, 4.69) is 6.58 Å². The molecular weight excluding hydrogens is 106 g/mol. The summed E-state index contributed by atoms with van der Waals surface area (Å²) in [6.07, 6.45) is 1.18. The maximum atomic E-state index is 9.00. The summed E-state index contributed by atoms with van der Waals surface area (Å²) in [6, 6.07) is 1.69. The molecule has 0 saturated heterocycles. The van der Waals surface area contributed by atoms with Crippen molar-refractivity contribution in [2.75, 3.05) is 0 Å². The van der Waals surface area contributed by atoms with Gasteiger partial charge in [-0.25, -0.2) is 0 Å². The maximum Gasteiger partial charge on any atom is 0.300 e. The fourth-order valence-corrected chi connectivity index (χ4v) is 0. The molecule has 0 spiro atoms. The van der Waals surface area contributed by atoms with Gasteiger partial charge in [-0.15, -0.1) is 0 Å². The second kappa shape index (κ2) is 9.20. The Balaban J connectivity index is 0. The number of rotatable bonds is 0. The molecule has 0 aromatic carbocycles. The first-order chi connectivity index (χ1) is 3.65. The van der Waals surface area contributed by atoms with Crippen LogP contribution in [0.25, 0.3) is 0 Å².